The molecule has 0 fully saturated rings. The summed E-state index contributed by atoms with van der Waals surface area (Å²) in [6.07, 6.45) is 0.198. The van der Waals surface area contributed by atoms with E-state index in [2.05, 4.69) is 0 Å². The normalized spacial score (nSPS) is 11.5. The molecule has 0 spiro atoms. The van der Waals surface area contributed by atoms with Crippen molar-refractivity contribution in [3.63, 3.8) is 0 Å². The maximum Gasteiger partial charge on any atom is 0.221 e. The number of hydrogen-bond donors (Lipinski definition) is 1. The first-order valence-electron chi connectivity index (χ1n) is 5.72. The minimum Gasteiger partial charge on any atom is -0.369 e. The van der Waals surface area contributed by atoms with Gasteiger partial charge in [-0.25, -0.2) is 0 Å². The number of carbonyl (C=O) groups is 2. The van der Waals surface area contributed by atoms with Gasteiger partial charge in [0.05, 0.1) is 6.42 Å². The van der Waals surface area contributed by atoms with Crippen molar-refractivity contribution in [1.29, 1.82) is 0 Å². The predicted molar refractivity (Wildman–Crippen MR) is 75.5 cm³/mol. The lowest BCUT2D eigenvalue weighted by Crippen LogP contribution is -2.13. The number of rotatable bonds is 2. The molecule has 4 heteroatoms. The maximum absolute atomic E-state index is 12.1. The fraction of sp³-hybridized carbons (Fsp3) is 0.0667. The lowest BCUT2D eigenvalue weighted by atomic mass is 10.0. The summed E-state index contributed by atoms with van der Waals surface area (Å²) in [7, 11) is 0. The Balaban J connectivity index is 0.00000133. The van der Waals surface area contributed by atoms with Crippen molar-refractivity contribution in [3.05, 3.63) is 59.2 Å². The highest BCUT2D eigenvalue weighted by molar-refractivity contribution is 6.21. The zero-order valence-corrected chi connectivity index (χ0v) is 10.9. The second-order valence-electron chi connectivity index (χ2n) is 4.40. The first kappa shape index (κ1) is 13.3. The Morgan fingerprint density at radius 2 is 1.58 bits per heavy atom. The van der Waals surface area contributed by atoms with Crippen LogP contribution in [-0.4, -0.2) is 11.7 Å². The fourth-order valence-corrected chi connectivity index (χ4v) is 2.38. The number of nitrogens with two attached hydrogens (primary N) is 1. The molecule has 0 unspecified atom stereocenters. The van der Waals surface area contributed by atoms with E-state index in [0.717, 1.165) is 22.3 Å². The molecule has 2 aromatic rings. The molecule has 1 aliphatic rings. The van der Waals surface area contributed by atoms with E-state index >= 15 is 0 Å². The van der Waals surface area contributed by atoms with Crippen molar-refractivity contribution in [2.24, 2.45) is 5.73 Å². The molecule has 0 bridgehead atoms. The monoisotopic (exact) mass is 273 g/mol. The lowest BCUT2D eigenvalue weighted by molar-refractivity contribution is -0.117. The van der Waals surface area contributed by atoms with Gasteiger partial charge in [-0.15, -0.1) is 12.4 Å². The predicted octanol–water partition coefficient (Wildman–Crippen LogP) is 2.35. The van der Waals surface area contributed by atoms with E-state index in [0.29, 0.717) is 5.56 Å². The van der Waals surface area contributed by atoms with E-state index in [1.165, 1.54) is 0 Å². The van der Waals surface area contributed by atoms with E-state index in [4.69, 9.17) is 5.73 Å². The number of halogens is 1. The summed E-state index contributed by atoms with van der Waals surface area (Å²) in [5.41, 5.74) is 9.28. The van der Waals surface area contributed by atoms with Gasteiger partial charge in [0.1, 0.15) is 0 Å². The molecule has 0 saturated carbocycles. The molecule has 2 aromatic carbocycles. The molecule has 0 aliphatic heterocycles. The van der Waals surface area contributed by atoms with Crippen LogP contribution in [0.4, 0.5) is 0 Å². The summed E-state index contributed by atoms with van der Waals surface area (Å²) < 4.78 is 0. The van der Waals surface area contributed by atoms with Crippen molar-refractivity contribution >= 4 is 24.1 Å². The molecule has 3 rings (SSSR count). The zero-order chi connectivity index (χ0) is 12.7. The molecular formula is C15H12ClNO2. The molecule has 19 heavy (non-hydrogen) atoms. The van der Waals surface area contributed by atoms with Gasteiger partial charge in [0.2, 0.25) is 5.91 Å². The third-order valence-electron chi connectivity index (χ3n) is 3.17. The molecule has 96 valence electrons. The Morgan fingerprint density at radius 3 is 2.26 bits per heavy atom. The largest absolute Gasteiger partial charge is 0.369 e. The van der Waals surface area contributed by atoms with E-state index < -0.39 is 0 Å². The quantitative estimate of drug-likeness (QED) is 0.779. The molecule has 1 amide bonds. The Labute approximate surface area is 116 Å². The van der Waals surface area contributed by atoms with Crippen LogP contribution in [0.2, 0.25) is 0 Å². The number of amides is 1. The summed E-state index contributed by atoms with van der Waals surface area (Å²) in [5.74, 6) is -0.321. The van der Waals surface area contributed by atoms with Gasteiger partial charge in [-0.1, -0.05) is 36.4 Å². The Bertz CT molecular complexity index is 680. The molecule has 0 radical (unpaired) electrons. The van der Waals surface area contributed by atoms with Crippen molar-refractivity contribution in [2.45, 2.75) is 6.42 Å². The molecule has 1 aliphatic carbocycles. The molecule has 0 heterocycles. The Morgan fingerprint density at radius 1 is 0.947 bits per heavy atom. The number of primary amides is 1. The third kappa shape index (κ3) is 2.13. The molecule has 3 nitrogen and oxygen atoms in total. The van der Waals surface area contributed by atoms with E-state index in [-0.39, 0.29) is 30.5 Å². The zero-order valence-electron chi connectivity index (χ0n) is 10.1. The van der Waals surface area contributed by atoms with Gasteiger partial charge in [0.25, 0.3) is 0 Å². The Hall–Kier alpha value is -2.13. The van der Waals surface area contributed by atoms with Crippen molar-refractivity contribution in [3.8, 4) is 11.1 Å². The summed E-state index contributed by atoms with van der Waals surface area (Å²) in [6, 6.07) is 12.9. The van der Waals surface area contributed by atoms with Crippen LogP contribution >= 0.6 is 12.4 Å². The number of carbonyl (C=O) groups excluding carboxylic acids is 2. The van der Waals surface area contributed by atoms with Crippen molar-refractivity contribution in [1.82, 2.24) is 0 Å². The number of hydrogen-bond acceptors (Lipinski definition) is 2. The first-order chi connectivity index (χ1) is 8.66. The lowest BCUT2D eigenvalue weighted by Gasteiger charge is -2.03. The molecule has 0 atom stereocenters. The minimum absolute atomic E-state index is 0. The van der Waals surface area contributed by atoms with Gasteiger partial charge in [-0.3, -0.25) is 9.59 Å². The summed E-state index contributed by atoms with van der Waals surface area (Å²) >= 11 is 0. The molecule has 0 saturated heterocycles. The van der Waals surface area contributed by atoms with E-state index in [1.54, 1.807) is 12.1 Å². The second-order valence-corrected chi connectivity index (χ2v) is 4.40. The summed E-state index contributed by atoms with van der Waals surface area (Å²) in [5, 5.41) is 0. The molecule has 2 N–H and O–H groups in total. The summed E-state index contributed by atoms with van der Waals surface area (Å²) in [4.78, 5) is 23.1. The van der Waals surface area contributed by atoms with Crippen LogP contribution in [0.5, 0.6) is 0 Å². The van der Waals surface area contributed by atoms with Gasteiger partial charge < -0.3 is 5.73 Å². The van der Waals surface area contributed by atoms with Crippen LogP contribution in [0.25, 0.3) is 11.1 Å². The third-order valence-corrected chi connectivity index (χ3v) is 3.17. The van der Waals surface area contributed by atoms with Crippen LogP contribution in [0.3, 0.4) is 0 Å². The SMILES string of the molecule is Cl.NC(=O)Cc1ccc2c(c1)-c1ccccc1C2=O. The number of fused-ring (bicyclic) bond motifs is 3. The molecule has 0 aromatic heterocycles. The average molecular weight is 274 g/mol. The first-order valence-corrected chi connectivity index (χ1v) is 5.72. The average Bonchev–Trinajstić information content (AvgIpc) is 2.63. The van der Waals surface area contributed by atoms with Crippen LogP contribution in [0.1, 0.15) is 21.5 Å². The van der Waals surface area contributed by atoms with Gasteiger partial charge in [-0.2, -0.15) is 0 Å². The minimum atomic E-state index is -0.368. The topological polar surface area (TPSA) is 60.2 Å². The standard InChI is InChI=1S/C15H11NO2.ClH/c16-14(17)8-9-5-6-12-13(7-9)10-3-1-2-4-11(10)15(12)18;/h1-7H,8H2,(H2,16,17);1H. The molecular weight excluding hydrogens is 262 g/mol. The highest BCUT2D eigenvalue weighted by atomic mass is 35.5. The van der Waals surface area contributed by atoms with Crippen LogP contribution < -0.4 is 5.73 Å². The smallest absolute Gasteiger partial charge is 0.221 e. The number of ketones is 1. The van der Waals surface area contributed by atoms with Crippen LogP contribution in [0, 0.1) is 0 Å². The van der Waals surface area contributed by atoms with E-state index in [9.17, 15) is 9.59 Å². The van der Waals surface area contributed by atoms with Gasteiger partial charge >= 0.3 is 0 Å². The van der Waals surface area contributed by atoms with Crippen molar-refractivity contribution < 1.29 is 9.59 Å². The number of benzene rings is 2. The maximum atomic E-state index is 12.1. The fourth-order valence-electron chi connectivity index (χ4n) is 2.38. The van der Waals surface area contributed by atoms with Gasteiger partial charge in [-0.05, 0) is 22.8 Å². The van der Waals surface area contributed by atoms with Gasteiger partial charge in [0, 0.05) is 11.1 Å². The van der Waals surface area contributed by atoms with Crippen LogP contribution in [-0.2, 0) is 11.2 Å². The Kier molecular flexibility index (Phi) is 3.40. The highest BCUT2D eigenvalue weighted by Gasteiger charge is 2.26. The second kappa shape index (κ2) is 4.86. The highest BCUT2D eigenvalue weighted by Crippen LogP contribution is 2.36. The van der Waals surface area contributed by atoms with Gasteiger partial charge in [0.15, 0.2) is 5.78 Å². The summed E-state index contributed by atoms with van der Waals surface area (Å²) in [6.45, 7) is 0. The van der Waals surface area contributed by atoms with E-state index in [1.807, 2.05) is 30.3 Å². The van der Waals surface area contributed by atoms with Crippen LogP contribution in [0.15, 0.2) is 42.5 Å². The van der Waals surface area contributed by atoms with Crippen molar-refractivity contribution in [2.75, 3.05) is 0 Å².